The van der Waals surface area contributed by atoms with Crippen LogP contribution in [-0.4, -0.2) is 17.4 Å². The average Bonchev–Trinajstić information content (AvgIpc) is 1.96. The normalized spacial score (nSPS) is 9.58. The molecule has 1 aromatic carbocycles. The van der Waals surface area contributed by atoms with Gasteiger partial charge in [-0.2, -0.15) is 0 Å². The van der Waals surface area contributed by atoms with Crippen molar-refractivity contribution in [1.82, 2.24) is 0 Å². The number of nitrogens with two attached hydrogens (primary N) is 1. The van der Waals surface area contributed by atoms with Gasteiger partial charge in [0.2, 0.25) is 0 Å². The van der Waals surface area contributed by atoms with Crippen molar-refractivity contribution in [3.05, 3.63) is 24.0 Å². The summed E-state index contributed by atoms with van der Waals surface area (Å²) in [5.74, 6) is -0.648. The van der Waals surface area contributed by atoms with Crippen LogP contribution in [-0.2, 0) is 0 Å². The molecule has 4 N–H and O–H groups in total. The Morgan fingerprint density at radius 3 is 2.67 bits per heavy atom. The molecule has 12 heavy (non-hydrogen) atoms. The zero-order valence-electron chi connectivity index (χ0n) is 6.07. The Morgan fingerprint density at radius 2 is 2.08 bits per heavy atom. The second-order valence-corrected chi connectivity index (χ2v) is 2.13. The largest absolute Gasteiger partial charge is 0.707 e. The molecule has 1 rings (SSSR count). The van der Waals surface area contributed by atoms with Crippen LogP contribution in [0.15, 0.2) is 18.2 Å². The zero-order valence-corrected chi connectivity index (χ0v) is 6.07. The maximum absolute atomic E-state index is 12.5. The van der Waals surface area contributed by atoms with Gasteiger partial charge in [0.25, 0.3) is 0 Å². The predicted octanol–water partition coefficient (Wildman–Crippen LogP) is -0.244. The predicted molar refractivity (Wildman–Crippen MR) is 41.6 cm³/mol. The number of benzene rings is 1. The van der Waals surface area contributed by atoms with Crippen LogP contribution >= 0.6 is 0 Å². The molecule has 0 aromatic heterocycles. The van der Waals surface area contributed by atoms with Gasteiger partial charge in [0.15, 0.2) is 0 Å². The Hall–Kier alpha value is -1.27. The van der Waals surface area contributed by atoms with E-state index in [0.29, 0.717) is 0 Å². The minimum absolute atomic E-state index is 0.0926. The van der Waals surface area contributed by atoms with Crippen molar-refractivity contribution < 1.29 is 19.1 Å². The molecule has 0 aliphatic carbocycles. The van der Waals surface area contributed by atoms with E-state index in [1.165, 1.54) is 6.07 Å². The van der Waals surface area contributed by atoms with Crippen LogP contribution in [0.4, 0.5) is 10.1 Å². The molecule has 0 fully saturated rings. The van der Waals surface area contributed by atoms with Crippen molar-refractivity contribution in [3.63, 3.8) is 0 Å². The van der Waals surface area contributed by atoms with E-state index in [4.69, 9.17) is 15.8 Å². The molecule has 0 atom stereocenters. The first kappa shape index (κ1) is 8.83. The van der Waals surface area contributed by atoms with E-state index in [0.717, 1.165) is 12.1 Å². The van der Waals surface area contributed by atoms with Gasteiger partial charge < -0.3 is 20.4 Å². The molecule has 64 valence electrons. The summed E-state index contributed by atoms with van der Waals surface area (Å²) in [6, 6.07) is 3.38. The number of anilines is 1. The first-order chi connectivity index (χ1) is 5.59. The minimum Gasteiger partial charge on any atom is -0.510 e. The minimum atomic E-state index is -1.99. The van der Waals surface area contributed by atoms with E-state index in [9.17, 15) is 4.39 Å². The molecular weight excluding hydrogens is 164 g/mol. The third kappa shape index (κ3) is 2.11. The molecular formula is C6H7BFNO3. The first-order valence-electron chi connectivity index (χ1n) is 3.17. The third-order valence-corrected chi connectivity index (χ3v) is 1.21. The van der Waals surface area contributed by atoms with Crippen LogP contribution in [0.3, 0.4) is 0 Å². The molecule has 0 heterocycles. The molecule has 0 bridgehead atoms. The van der Waals surface area contributed by atoms with E-state index >= 15 is 0 Å². The van der Waals surface area contributed by atoms with Crippen molar-refractivity contribution >= 4 is 13.0 Å². The highest BCUT2D eigenvalue weighted by molar-refractivity contribution is 6.33. The average molecular weight is 171 g/mol. The fourth-order valence-corrected chi connectivity index (χ4v) is 0.724. The van der Waals surface area contributed by atoms with E-state index in [1.807, 2.05) is 0 Å². The number of halogens is 1. The molecule has 0 unspecified atom stereocenters. The topological polar surface area (TPSA) is 75.7 Å². The van der Waals surface area contributed by atoms with Gasteiger partial charge in [0.05, 0.1) is 5.69 Å². The van der Waals surface area contributed by atoms with Gasteiger partial charge in [-0.15, -0.1) is 0 Å². The van der Waals surface area contributed by atoms with Crippen molar-refractivity contribution in [3.8, 4) is 5.75 Å². The molecule has 1 aromatic rings. The molecule has 0 radical (unpaired) electrons. The van der Waals surface area contributed by atoms with Crippen molar-refractivity contribution in [2.24, 2.45) is 0 Å². The van der Waals surface area contributed by atoms with Gasteiger partial charge >= 0.3 is 7.32 Å². The summed E-state index contributed by atoms with van der Waals surface area (Å²) in [5, 5.41) is 16.8. The highest BCUT2D eigenvalue weighted by Crippen LogP contribution is 2.21. The monoisotopic (exact) mass is 171 g/mol. The number of hydrogen-bond acceptors (Lipinski definition) is 4. The van der Waals surface area contributed by atoms with Crippen LogP contribution < -0.4 is 10.4 Å². The third-order valence-electron chi connectivity index (χ3n) is 1.21. The Bertz CT molecular complexity index is 281. The van der Waals surface area contributed by atoms with Gasteiger partial charge in [0, 0.05) is 6.07 Å². The standard InChI is InChI=1S/C6H7BFNO3/c8-4-1-2-5(9)6(3-4)12-7(10)11/h1-3,10-11H,9H2. The summed E-state index contributed by atoms with van der Waals surface area (Å²) in [6.07, 6.45) is 0. The summed E-state index contributed by atoms with van der Waals surface area (Å²) in [6.45, 7) is 0. The second-order valence-electron chi connectivity index (χ2n) is 2.13. The van der Waals surface area contributed by atoms with Gasteiger partial charge in [-0.25, -0.2) is 4.39 Å². The van der Waals surface area contributed by atoms with Crippen LogP contribution in [0.1, 0.15) is 0 Å². The van der Waals surface area contributed by atoms with E-state index < -0.39 is 13.1 Å². The van der Waals surface area contributed by atoms with E-state index in [1.54, 1.807) is 0 Å². The molecule has 0 saturated heterocycles. The maximum atomic E-state index is 12.5. The van der Waals surface area contributed by atoms with E-state index in [-0.39, 0.29) is 11.4 Å². The lowest BCUT2D eigenvalue weighted by molar-refractivity contribution is 0.288. The Morgan fingerprint density at radius 1 is 1.42 bits per heavy atom. The molecule has 0 spiro atoms. The highest BCUT2D eigenvalue weighted by atomic mass is 19.1. The first-order valence-corrected chi connectivity index (χ1v) is 3.17. The lowest BCUT2D eigenvalue weighted by Gasteiger charge is -2.06. The molecule has 0 saturated carbocycles. The van der Waals surface area contributed by atoms with Crippen LogP contribution in [0.2, 0.25) is 0 Å². The number of nitrogen functional groups attached to an aromatic ring is 1. The Balaban J connectivity index is 2.90. The van der Waals surface area contributed by atoms with Gasteiger partial charge in [-0.3, -0.25) is 0 Å². The number of hydrogen-bond donors (Lipinski definition) is 3. The lowest BCUT2D eigenvalue weighted by Crippen LogP contribution is -2.21. The van der Waals surface area contributed by atoms with Gasteiger partial charge in [-0.05, 0) is 12.1 Å². The smallest absolute Gasteiger partial charge is 0.510 e. The van der Waals surface area contributed by atoms with Crippen molar-refractivity contribution in [1.29, 1.82) is 0 Å². The van der Waals surface area contributed by atoms with E-state index in [2.05, 4.69) is 4.65 Å². The summed E-state index contributed by atoms with van der Waals surface area (Å²) in [7, 11) is -1.99. The Kier molecular flexibility index (Phi) is 2.52. The van der Waals surface area contributed by atoms with Crippen molar-refractivity contribution in [2.75, 3.05) is 5.73 Å². The van der Waals surface area contributed by atoms with Gasteiger partial charge in [-0.1, -0.05) is 0 Å². The quantitative estimate of drug-likeness (QED) is 0.423. The lowest BCUT2D eigenvalue weighted by atomic mass is 10.2. The molecule has 6 heteroatoms. The molecule has 4 nitrogen and oxygen atoms in total. The van der Waals surface area contributed by atoms with Gasteiger partial charge in [0.1, 0.15) is 11.6 Å². The van der Waals surface area contributed by atoms with Crippen molar-refractivity contribution in [2.45, 2.75) is 0 Å². The molecule has 0 aliphatic heterocycles. The summed E-state index contributed by atoms with van der Waals surface area (Å²) >= 11 is 0. The summed E-state index contributed by atoms with van der Waals surface area (Å²) in [4.78, 5) is 0. The molecule has 0 amide bonds. The molecule has 0 aliphatic rings. The van der Waals surface area contributed by atoms with Crippen LogP contribution in [0, 0.1) is 5.82 Å². The highest BCUT2D eigenvalue weighted by Gasteiger charge is 2.13. The zero-order chi connectivity index (χ0) is 9.14. The Labute approximate surface area is 68.6 Å². The number of rotatable bonds is 2. The van der Waals surface area contributed by atoms with Crippen LogP contribution in [0.5, 0.6) is 5.75 Å². The summed E-state index contributed by atoms with van der Waals surface area (Å²) in [5.41, 5.74) is 5.47. The maximum Gasteiger partial charge on any atom is 0.707 e. The second kappa shape index (κ2) is 3.42. The fourth-order valence-electron chi connectivity index (χ4n) is 0.724. The SMILES string of the molecule is Nc1ccc(F)cc1OB(O)O. The van der Waals surface area contributed by atoms with Crippen LogP contribution in [0.25, 0.3) is 0 Å². The fraction of sp³-hybridized carbons (Fsp3) is 0. The summed E-state index contributed by atoms with van der Waals surface area (Å²) < 4.78 is 16.9.